The SMILES string of the molecule is CC(C)Cn1c(=O)n(C)c(=O)c2cn(Cc3ccc(C(F)(F)F)cc3)c(Nc3ccccc3)c21. The Morgan fingerprint density at radius 3 is 2.21 bits per heavy atom. The van der Waals surface area contributed by atoms with Gasteiger partial charge in [-0.05, 0) is 35.7 Å². The van der Waals surface area contributed by atoms with Gasteiger partial charge >= 0.3 is 11.9 Å². The molecule has 0 radical (unpaired) electrons. The number of para-hydroxylation sites is 1. The van der Waals surface area contributed by atoms with Crippen LogP contribution in [0.25, 0.3) is 10.9 Å². The van der Waals surface area contributed by atoms with Crippen LogP contribution in [0, 0.1) is 5.92 Å². The molecule has 2 aromatic carbocycles. The topological polar surface area (TPSA) is 61.0 Å². The van der Waals surface area contributed by atoms with Gasteiger partial charge in [0, 0.05) is 32.0 Å². The standard InChI is InChI=1S/C25H25F3N4O2/c1-16(2)13-32-21-20(23(33)30(3)24(32)34)15-31(22(21)29-19-7-5-4-6-8-19)14-17-9-11-18(12-10-17)25(26,27)28/h4-12,15-16,29H,13-14H2,1-3H3. The summed E-state index contributed by atoms with van der Waals surface area (Å²) >= 11 is 0. The van der Waals surface area contributed by atoms with Crippen molar-refractivity contribution < 1.29 is 13.2 Å². The highest BCUT2D eigenvalue weighted by atomic mass is 19.4. The Morgan fingerprint density at radius 2 is 1.62 bits per heavy atom. The van der Waals surface area contributed by atoms with Crippen molar-refractivity contribution in [3.63, 3.8) is 0 Å². The molecule has 178 valence electrons. The second kappa shape index (κ2) is 8.89. The van der Waals surface area contributed by atoms with Crippen molar-refractivity contribution in [2.75, 3.05) is 5.32 Å². The second-order valence-electron chi connectivity index (χ2n) is 8.70. The fraction of sp³-hybridized carbons (Fsp3) is 0.280. The number of alkyl halides is 3. The molecular formula is C25H25F3N4O2. The number of rotatable bonds is 6. The predicted molar refractivity (Wildman–Crippen MR) is 127 cm³/mol. The Hall–Kier alpha value is -3.75. The highest BCUT2D eigenvalue weighted by molar-refractivity contribution is 5.91. The summed E-state index contributed by atoms with van der Waals surface area (Å²) in [6.45, 7) is 4.57. The predicted octanol–water partition coefficient (Wildman–Crippen LogP) is 4.97. The average molecular weight is 470 g/mol. The van der Waals surface area contributed by atoms with Gasteiger partial charge in [0.1, 0.15) is 11.3 Å². The third-order valence-corrected chi connectivity index (χ3v) is 5.59. The van der Waals surface area contributed by atoms with Crippen LogP contribution in [0.2, 0.25) is 0 Å². The fourth-order valence-corrected chi connectivity index (χ4v) is 3.96. The van der Waals surface area contributed by atoms with E-state index in [4.69, 9.17) is 0 Å². The molecule has 0 atom stereocenters. The normalized spacial score (nSPS) is 12.0. The summed E-state index contributed by atoms with van der Waals surface area (Å²) in [7, 11) is 1.44. The lowest BCUT2D eigenvalue weighted by Crippen LogP contribution is -2.38. The highest BCUT2D eigenvalue weighted by Crippen LogP contribution is 2.31. The summed E-state index contributed by atoms with van der Waals surface area (Å²) in [5.74, 6) is 0.665. The highest BCUT2D eigenvalue weighted by Gasteiger charge is 2.30. The van der Waals surface area contributed by atoms with Gasteiger partial charge in [0.25, 0.3) is 5.56 Å². The number of nitrogens with one attached hydrogen (secondary N) is 1. The molecule has 0 aliphatic carbocycles. The fourth-order valence-electron chi connectivity index (χ4n) is 3.96. The van der Waals surface area contributed by atoms with E-state index in [9.17, 15) is 22.8 Å². The van der Waals surface area contributed by atoms with Crippen molar-refractivity contribution in [1.82, 2.24) is 13.7 Å². The molecule has 6 nitrogen and oxygen atoms in total. The molecule has 4 aromatic rings. The van der Waals surface area contributed by atoms with Gasteiger partial charge < -0.3 is 9.88 Å². The zero-order chi connectivity index (χ0) is 24.6. The van der Waals surface area contributed by atoms with Crippen LogP contribution in [-0.2, 0) is 26.3 Å². The Bertz CT molecular complexity index is 1430. The molecular weight excluding hydrogens is 445 g/mol. The van der Waals surface area contributed by atoms with Crippen LogP contribution in [0.3, 0.4) is 0 Å². The van der Waals surface area contributed by atoms with E-state index in [0.29, 0.717) is 28.8 Å². The van der Waals surface area contributed by atoms with E-state index in [0.717, 1.165) is 22.4 Å². The molecule has 0 aliphatic rings. The molecule has 2 heterocycles. The van der Waals surface area contributed by atoms with Crippen LogP contribution < -0.4 is 16.6 Å². The van der Waals surface area contributed by atoms with Gasteiger partial charge in [-0.25, -0.2) is 4.79 Å². The van der Waals surface area contributed by atoms with Gasteiger partial charge in [-0.2, -0.15) is 13.2 Å². The smallest absolute Gasteiger partial charge is 0.340 e. The first kappa shape index (κ1) is 23.4. The molecule has 0 aliphatic heterocycles. The number of hydrogen-bond acceptors (Lipinski definition) is 3. The molecule has 0 saturated carbocycles. The summed E-state index contributed by atoms with van der Waals surface area (Å²) in [5, 5.41) is 3.67. The zero-order valence-electron chi connectivity index (χ0n) is 19.1. The summed E-state index contributed by atoms with van der Waals surface area (Å²) in [5.41, 5.74) is 0.269. The molecule has 0 bridgehead atoms. The van der Waals surface area contributed by atoms with E-state index in [-0.39, 0.29) is 12.5 Å². The third kappa shape index (κ3) is 4.50. The van der Waals surface area contributed by atoms with Crippen LogP contribution in [0.15, 0.2) is 70.4 Å². The second-order valence-corrected chi connectivity index (χ2v) is 8.70. The van der Waals surface area contributed by atoms with Crippen molar-refractivity contribution in [3.05, 3.63) is 92.8 Å². The number of fused-ring (bicyclic) bond motifs is 1. The van der Waals surface area contributed by atoms with E-state index >= 15 is 0 Å². The molecule has 9 heteroatoms. The molecule has 4 rings (SSSR count). The monoisotopic (exact) mass is 470 g/mol. The maximum atomic E-state index is 13.0. The van der Waals surface area contributed by atoms with E-state index in [1.165, 1.54) is 19.2 Å². The summed E-state index contributed by atoms with van der Waals surface area (Å²) in [6, 6.07) is 14.2. The van der Waals surface area contributed by atoms with Gasteiger partial charge in [-0.1, -0.05) is 44.2 Å². The number of halogens is 3. The third-order valence-electron chi connectivity index (χ3n) is 5.59. The maximum absolute atomic E-state index is 13.0. The number of hydrogen-bond donors (Lipinski definition) is 1. The van der Waals surface area contributed by atoms with Gasteiger partial charge in [0.15, 0.2) is 0 Å². The van der Waals surface area contributed by atoms with Gasteiger partial charge in [0.05, 0.1) is 10.9 Å². The van der Waals surface area contributed by atoms with Crippen LogP contribution >= 0.6 is 0 Å². The van der Waals surface area contributed by atoms with E-state index < -0.39 is 23.0 Å². The van der Waals surface area contributed by atoms with Gasteiger partial charge in [-0.15, -0.1) is 0 Å². The Kier molecular flexibility index (Phi) is 6.12. The lowest BCUT2D eigenvalue weighted by atomic mass is 10.1. The van der Waals surface area contributed by atoms with E-state index in [1.807, 2.05) is 44.2 Å². The number of nitrogens with zero attached hydrogens (tertiary/aromatic N) is 3. The van der Waals surface area contributed by atoms with Crippen LogP contribution in [0.4, 0.5) is 24.7 Å². The molecule has 2 aromatic heterocycles. The van der Waals surface area contributed by atoms with Crippen molar-refractivity contribution in [1.29, 1.82) is 0 Å². The van der Waals surface area contributed by atoms with Crippen LogP contribution in [0.1, 0.15) is 25.0 Å². The molecule has 0 spiro atoms. The van der Waals surface area contributed by atoms with Crippen LogP contribution in [-0.4, -0.2) is 13.7 Å². The zero-order valence-corrected chi connectivity index (χ0v) is 19.1. The lowest BCUT2D eigenvalue weighted by Gasteiger charge is -2.16. The largest absolute Gasteiger partial charge is 0.416 e. The van der Waals surface area contributed by atoms with E-state index in [2.05, 4.69) is 5.32 Å². The molecule has 0 saturated heterocycles. The Morgan fingerprint density at radius 1 is 0.971 bits per heavy atom. The van der Waals surface area contributed by atoms with Crippen LogP contribution in [0.5, 0.6) is 0 Å². The maximum Gasteiger partial charge on any atom is 0.416 e. The first-order valence-corrected chi connectivity index (χ1v) is 10.9. The van der Waals surface area contributed by atoms with Crippen molar-refractivity contribution >= 4 is 22.4 Å². The Balaban J connectivity index is 1.91. The van der Waals surface area contributed by atoms with Gasteiger partial charge in [-0.3, -0.25) is 13.9 Å². The minimum Gasteiger partial charge on any atom is -0.340 e. The van der Waals surface area contributed by atoms with Crippen molar-refractivity contribution in [3.8, 4) is 0 Å². The number of aromatic nitrogens is 3. The molecule has 1 N–H and O–H groups in total. The minimum absolute atomic E-state index is 0.140. The van der Waals surface area contributed by atoms with Crippen molar-refractivity contribution in [2.45, 2.75) is 33.1 Å². The number of benzene rings is 2. The Labute approximate surface area is 193 Å². The number of anilines is 2. The quantitative estimate of drug-likeness (QED) is 0.433. The van der Waals surface area contributed by atoms with Crippen molar-refractivity contribution in [2.24, 2.45) is 13.0 Å². The van der Waals surface area contributed by atoms with Gasteiger partial charge in [0.2, 0.25) is 0 Å². The van der Waals surface area contributed by atoms with E-state index in [1.54, 1.807) is 15.3 Å². The lowest BCUT2D eigenvalue weighted by molar-refractivity contribution is -0.137. The molecule has 0 amide bonds. The average Bonchev–Trinajstić information content (AvgIpc) is 3.13. The molecule has 34 heavy (non-hydrogen) atoms. The first-order valence-electron chi connectivity index (χ1n) is 10.9. The molecule has 0 fully saturated rings. The molecule has 0 unspecified atom stereocenters. The summed E-state index contributed by atoms with van der Waals surface area (Å²) in [6.07, 6.45) is -2.77. The first-order chi connectivity index (χ1) is 16.1. The summed E-state index contributed by atoms with van der Waals surface area (Å²) in [4.78, 5) is 26.0. The summed E-state index contributed by atoms with van der Waals surface area (Å²) < 4.78 is 43.4. The minimum atomic E-state index is -4.42.